The Morgan fingerprint density at radius 1 is 1.10 bits per heavy atom. The van der Waals surface area contributed by atoms with Crippen molar-refractivity contribution in [2.45, 2.75) is 20.0 Å². The van der Waals surface area contributed by atoms with Gasteiger partial charge in [0.2, 0.25) is 0 Å². The third kappa shape index (κ3) is 2.41. The van der Waals surface area contributed by atoms with Gasteiger partial charge in [0.15, 0.2) is 0 Å². The Morgan fingerprint density at radius 2 is 1.86 bits per heavy atom. The van der Waals surface area contributed by atoms with Gasteiger partial charge in [0, 0.05) is 17.1 Å². The number of para-hydroxylation sites is 1. The fourth-order valence-corrected chi connectivity index (χ4v) is 2.79. The summed E-state index contributed by atoms with van der Waals surface area (Å²) in [6.07, 6.45) is 0.640. The zero-order chi connectivity index (χ0) is 15.0. The van der Waals surface area contributed by atoms with E-state index in [1.54, 1.807) is 12.3 Å². The van der Waals surface area contributed by atoms with Gasteiger partial charge < -0.3 is 5.11 Å². The average molecular weight is 281 g/mol. The molecule has 3 rings (SSSR count). The molecule has 2 aromatic carbocycles. The number of aliphatic hydroxyl groups excluding tert-OH is 1. The van der Waals surface area contributed by atoms with Gasteiger partial charge >= 0.3 is 0 Å². The number of benzene rings is 2. The summed E-state index contributed by atoms with van der Waals surface area (Å²) >= 11 is 0. The number of pyridine rings is 1. The van der Waals surface area contributed by atoms with E-state index in [4.69, 9.17) is 0 Å². The van der Waals surface area contributed by atoms with Crippen LogP contribution >= 0.6 is 0 Å². The molecular weight excluding hydrogens is 265 g/mol. The van der Waals surface area contributed by atoms with E-state index in [-0.39, 0.29) is 5.82 Å². The molecule has 2 nitrogen and oxygen atoms in total. The zero-order valence-electron chi connectivity index (χ0n) is 12.0. The highest BCUT2D eigenvalue weighted by Gasteiger charge is 2.20. The molecule has 0 saturated heterocycles. The summed E-state index contributed by atoms with van der Waals surface area (Å²) in [5, 5.41) is 11.5. The van der Waals surface area contributed by atoms with Gasteiger partial charge in [0.1, 0.15) is 11.9 Å². The second kappa shape index (κ2) is 5.26. The van der Waals surface area contributed by atoms with Gasteiger partial charge in [-0.15, -0.1) is 0 Å². The highest BCUT2D eigenvalue weighted by atomic mass is 19.1. The van der Waals surface area contributed by atoms with E-state index in [0.29, 0.717) is 11.1 Å². The number of hydrogen-bond acceptors (Lipinski definition) is 2. The summed E-state index contributed by atoms with van der Waals surface area (Å²) in [5.74, 6) is -0.374. The molecule has 1 heterocycles. The molecule has 0 fully saturated rings. The number of rotatable bonds is 2. The molecule has 0 amide bonds. The fourth-order valence-electron chi connectivity index (χ4n) is 2.79. The monoisotopic (exact) mass is 281 g/mol. The lowest BCUT2D eigenvalue weighted by atomic mass is 9.93. The van der Waals surface area contributed by atoms with Gasteiger partial charge in [-0.3, -0.25) is 4.98 Å². The Bertz CT molecular complexity index is 785. The molecule has 0 saturated carbocycles. The molecule has 0 bridgehead atoms. The standard InChI is InChI=1S/C18H16FNO/c1-11-9-12(2)17(15(19)10-11)18(21)14-7-8-20-16-6-4-3-5-13(14)16/h3-10,18,21H,1-2H3. The quantitative estimate of drug-likeness (QED) is 0.768. The first-order valence-electron chi connectivity index (χ1n) is 6.86. The van der Waals surface area contributed by atoms with Gasteiger partial charge in [-0.05, 0) is 48.7 Å². The van der Waals surface area contributed by atoms with Crippen molar-refractivity contribution in [1.82, 2.24) is 4.98 Å². The largest absolute Gasteiger partial charge is 0.384 e. The molecule has 3 heteroatoms. The van der Waals surface area contributed by atoms with Gasteiger partial charge in [-0.25, -0.2) is 4.39 Å². The number of fused-ring (bicyclic) bond motifs is 1. The minimum Gasteiger partial charge on any atom is -0.384 e. The van der Waals surface area contributed by atoms with Crippen LogP contribution < -0.4 is 0 Å². The summed E-state index contributed by atoms with van der Waals surface area (Å²) in [7, 11) is 0. The first-order valence-corrected chi connectivity index (χ1v) is 6.86. The lowest BCUT2D eigenvalue weighted by Gasteiger charge is -2.17. The predicted octanol–water partition coefficient (Wildman–Crippen LogP) is 4.07. The second-order valence-electron chi connectivity index (χ2n) is 5.30. The van der Waals surface area contributed by atoms with E-state index in [9.17, 15) is 9.50 Å². The molecule has 1 unspecified atom stereocenters. The maximum Gasteiger partial charge on any atom is 0.129 e. The molecule has 0 aliphatic heterocycles. The predicted molar refractivity (Wildman–Crippen MR) is 81.7 cm³/mol. The van der Waals surface area contributed by atoms with Crippen molar-refractivity contribution in [3.05, 3.63) is 76.7 Å². The second-order valence-corrected chi connectivity index (χ2v) is 5.30. The molecule has 0 radical (unpaired) electrons. The van der Waals surface area contributed by atoms with Crippen molar-refractivity contribution in [2.24, 2.45) is 0 Å². The van der Waals surface area contributed by atoms with Crippen molar-refractivity contribution in [3.8, 4) is 0 Å². The van der Waals surface area contributed by atoms with Crippen LogP contribution in [0.2, 0.25) is 0 Å². The number of aromatic nitrogens is 1. The number of hydrogen-bond donors (Lipinski definition) is 1. The summed E-state index contributed by atoms with van der Waals surface area (Å²) in [5.41, 5.74) is 3.39. The van der Waals surface area contributed by atoms with Crippen molar-refractivity contribution in [1.29, 1.82) is 0 Å². The van der Waals surface area contributed by atoms with Gasteiger partial charge in [-0.2, -0.15) is 0 Å². The third-order valence-corrected chi connectivity index (χ3v) is 3.73. The number of nitrogens with zero attached hydrogens (tertiary/aromatic N) is 1. The Balaban J connectivity index is 2.20. The number of aliphatic hydroxyl groups is 1. The SMILES string of the molecule is Cc1cc(C)c(C(O)c2ccnc3ccccc23)c(F)c1. The van der Waals surface area contributed by atoms with Crippen molar-refractivity contribution >= 4 is 10.9 Å². The van der Waals surface area contributed by atoms with Crippen LogP contribution in [-0.2, 0) is 0 Å². The van der Waals surface area contributed by atoms with Crippen LogP contribution in [0.15, 0.2) is 48.7 Å². The maximum atomic E-state index is 14.3. The summed E-state index contributed by atoms with van der Waals surface area (Å²) in [6.45, 7) is 3.66. The molecule has 106 valence electrons. The maximum absolute atomic E-state index is 14.3. The van der Waals surface area contributed by atoms with Crippen LogP contribution in [0.4, 0.5) is 4.39 Å². The summed E-state index contributed by atoms with van der Waals surface area (Å²) in [4.78, 5) is 4.27. The fraction of sp³-hybridized carbons (Fsp3) is 0.167. The highest BCUT2D eigenvalue weighted by molar-refractivity contribution is 5.82. The van der Waals surface area contributed by atoms with E-state index in [1.165, 1.54) is 6.07 Å². The van der Waals surface area contributed by atoms with E-state index >= 15 is 0 Å². The smallest absolute Gasteiger partial charge is 0.129 e. The molecule has 0 aliphatic rings. The molecule has 21 heavy (non-hydrogen) atoms. The number of halogens is 1. The van der Waals surface area contributed by atoms with Crippen molar-refractivity contribution in [3.63, 3.8) is 0 Å². The van der Waals surface area contributed by atoms with E-state index in [2.05, 4.69) is 4.98 Å². The summed E-state index contributed by atoms with van der Waals surface area (Å²) in [6, 6.07) is 12.6. The minimum absolute atomic E-state index is 0.331. The van der Waals surface area contributed by atoms with E-state index in [1.807, 2.05) is 44.2 Å². The van der Waals surface area contributed by atoms with Gasteiger partial charge in [0.05, 0.1) is 5.52 Å². The Morgan fingerprint density at radius 3 is 2.62 bits per heavy atom. The minimum atomic E-state index is -1.00. The Kier molecular flexibility index (Phi) is 3.43. The summed E-state index contributed by atoms with van der Waals surface area (Å²) < 4.78 is 14.3. The topological polar surface area (TPSA) is 33.1 Å². The van der Waals surface area contributed by atoms with Crippen molar-refractivity contribution in [2.75, 3.05) is 0 Å². The lowest BCUT2D eigenvalue weighted by Crippen LogP contribution is -2.06. The molecular formula is C18H16FNO. The third-order valence-electron chi connectivity index (χ3n) is 3.73. The van der Waals surface area contributed by atoms with Crippen LogP contribution in [0, 0.1) is 19.7 Å². The van der Waals surface area contributed by atoms with Gasteiger partial charge in [0.25, 0.3) is 0 Å². The van der Waals surface area contributed by atoms with E-state index in [0.717, 1.165) is 22.0 Å². The lowest BCUT2D eigenvalue weighted by molar-refractivity contribution is 0.215. The van der Waals surface area contributed by atoms with E-state index < -0.39 is 6.10 Å². The zero-order valence-corrected chi connectivity index (χ0v) is 12.0. The molecule has 1 N–H and O–H groups in total. The van der Waals surface area contributed by atoms with Crippen LogP contribution in [0.3, 0.4) is 0 Å². The first kappa shape index (κ1) is 13.7. The molecule has 1 aromatic heterocycles. The average Bonchev–Trinajstić information content (AvgIpc) is 2.45. The Hall–Kier alpha value is -2.26. The van der Waals surface area contributed by atoms with Crippen LogP contribution in [-0.4, -0.2) is 10.1 Å². The van der Waals surface area contributed by atoms with Crippen LogP contribution in [0.1, 0.15) is 28.4 Å². The normalized spacial score (nSPS) is 12.6. The number of aryl methyl sites for hydroxylation is 2. The van der Waals surface area contributed by atoms with Crippen LogP contribution in [0.5, 0.6) is 0 Å². The van der Waals surface area contributed by atoms with Gasteiger partial charge in [-0.1, -0.05) is 24.3 Å². The van der Waals surface area contributed by atoms with Crippen LogP contribution in [0.25, 0.3) is 10.9 Å². The molecule has 3 aromatic rings. The molecule has 0 aliphatic carbocycles. The Labute approximate surface area is 122 Å². The van der Waals surface area contributed by atoms with Crippen molar-refractivity contribution < 1.29 is 9.50 Å². The first-order chi connectivity index (χ1) is 10.1. The molecule has 0 spiro atoms. The highest BCUT2D eigenvalue weighted by Crippen LogP contribution is 2.31. The molecule has 1 atom stereocenters.